The highest BCUT2D eigenvalue weighted by atomic mass is 32.2. The van der Waals surface area contributed by atoms with Gasteiger partial charge in [-0.25, -0.2) is 8.42 Å². The number of nitrogens with one attached hydrogen (secondary N) is 1. The Hall–Kier alpha value is -3.03. The number of azo groups is 1. The molecule has 0 heterocycles. The monoisotopic (exact) mass is 366 g/mol. The van der Waals surface area contributed by atoms with Crippen molar-refractivity contribution < 1.29 is 13.0 Å². The summed E-state index contributed by atoms with van der Waals surface area (Å²) in [4.78, 5) is -0.287. The topological polar surface area (TPSA) is 94.0 Å². The van der Waals surface area contributed by atoms with Gasteiger partial charge in [-0.2, -0.15) is 10.2 Å². The summed E-state index contributed by atoms with van der Waals surface area (Å²) in [5.41, 5.74) is 3.29. The molecule has 0 amide bonds. The molecule has 3 rings (SSSR count). The summed E-state index contributed by atoms with van der Waals surface area (Å²) in [5, 5.41) is 11.5. The molecule has 1 N–H and O–H groups in total. The fraction of sp³-hybridized carbons (Fsp3) is 0.0526. The molecule has 26 heavy (non-hydrogen) atoms. The van der Waals surface area contributed by atoms with Crippen molar-refractivity contribution in [3.63, 3.8) is 0 Å². The fourth-order valence-corrected chi connectivity index (χ4v) is 2.71. The van der Waals surface area contributed by atoms with Crippen molar-refractivity contribution in [2.45, 2.75) is 11.4 Å². The SMILES string of the molecule is O=S(=O)([O-])c1ccc(N=Nc2ccc(NCc3ccccc3)cc2)cc1. The van der Waals surface area contributed by atoms with Crippen molar-refractivity contribution in [2.24, 2.45) is 10.2 Å². The zero-order valence-corrected chi connectivity index (χ0v) is 14.6. The van der Waals surface area contributed by atoms with Gasteiger partial charge in [-0.05, 0) is 54.1 Å². The third-order valence-electron chi connectivity index (χ3n) is 3.61. The molecule has 7 heteroatoms. The quantitative estimate of drug-likeness (QED) is 0.509. The second kappa shape index (κ2) is 7.90. The van der Waals surface area contributed by atoms with E-state index < -0.39 is 10.1 Å². The van der Waals surface area contributed by atoms with Crippen LogP contribution in [-0.4, -0.2) is 13.0 Å². The maximum Gasteiger partial charge on any atom is 0.124 e. The van der Waals surface area contributed by atoms with Crippen LogP contribution in [-0.2, 0) is 16.7 Å². The van der Waals surface area contributed by atoms with Gasteiger partial charge in [0, 0.05) is 12.2 Å². The molecule has 132 valence electrons. The largest absolute Gasteiger partial charge is 0.744 e. The van der Waals surface area contributed by atoms with Crippen molar-refractivity contribution in [2.75, 3.05) is 5.32 Å². The zero-order valence-electron chi connectivity index (χ0n) is 13.7. The minimum absolute atomic E-state index is 0.287. The highest BCUT2D eigenvalue weighted by molar-refractivity contribution is 7.85. The summed E-state index contributed by atoms with van der Waals surface area (Å²) in [5.74, 6) is 0. The molecule has 3 aromatic carbocycles. The van der Waals surface area contributed by atoms with Gasteiger partial charge in [-0.15, -0.1) is 0 Å². The average molecular weight is 366 g/mol. The first-order chi connectivity index (χ1) is 12.5. The van der Waals surface area contributed by atoms with E-state index in [1.54, 1.807) is 0 Å². The van der Waals surface area contributed by atoms with Gasteiger partial charge in [0.05, 0.1) is 16.3 Å². The average Bonchev–Trinajstić information content (AvgIpc) is 2.66. The molecule has 0 spiro atoms. The first-order valence-corrected chi connectivity index (χ1v) is 9.27. The molecule has 0 aliphatic heterocycles. The molecular weight excluding hydrogens is 350 g/mol. The maximum absolute atomic E-state index is 10.9. The molecule has 0 radical (unpaired) electrons. The van der Waals surface area contributed by atoms with Crippen molar-refractivity contribution in [3.8, 4) is 0 Å². The fourth-order valence-electron chi connectivity index (χ4n) is 2.24. The van der Waals surface area contributed by atoms with Crippen LogP contribution in [0, 0.1) is 0 Å². The van der Waals surface area contributed by atoms with Crippen LogP contribution in [0.5, 0.6) is 0 Å². The molecule has 0 atom stereocenters. The Morgan fingerprint density at radius 2 is 1.31 bits per heavy atom. The van der Waals surface area contributed by atoms with Gasteiger partial charge in [-0.3, -0.25) is 0 Å². The van der Waals surface area contributed by atoms with Crippen molar-refractivity contribution in [3.05, 3.63) is 84.4 Å². The molecule has 0 unspecified atom stereocenters. The predicted octanol–water partition coefficient (Wildman–Crippen LogP) is 4.62. The molecule has 0 fully saturated rings. The second-order valence-electron chi connectivity index (χ2n) is 5.53. The molecular formula is C19H16N3O3S-. The lowest BCUT2D eigenvalue weighted by Crippen LogP contribution is -1.98. The third-order valence-corrected chi connectivity index (χ3v) is 4.46. The van der Waals surface area contributed by atoms with Crippen LogP contribution in [0.25, 0.3) is 0 Å². The zero-order chi connectivity index (χ0) is 18.4. The Morgan fingerprint density at radius 3 is 1.85 bits per heavy atom. The first kappa shape index (κ1) is 17.8. The smallest absolute Gasteiger partial charge is 0.124 e. The van der Waals surface area contributed by atoms with E-state index in [4.69, 9.17) is 0 Å². The van der Waals surface area contributed by atoms with Gasteiger partial charge in [0.1, 0.15) is 10.1 Å². The molecule has 0 bridgehead atoms. The first-order valence-electron chi connectivity index (χ1n) is 7.86. The van der Waals surface area contributed by atoms with Gasteiger partial charge in [0.25, 0.3) is 0 Å². The third kappa shape index (κ3) is 4.98. The Balaban J connectivity index is 1.61. The normalized spacial score (nSPS) is 11.6. The van der Waals surface area contributed by atoms with Crippen LogP contribution in [0.2, 0.25) is 0 Å². The lowest BCUT2D eigenvalue weighted by molar-refractivity contribution is 0.463. The summed E-state index contributed by atoms with van der Waals surface area (Å²) in [6, 6.07) is 22.9. The molecule has 0 saturated carbocycles. The summed E-state index contributed by atoms with van der Waals surface area (Å²) in [6.45, 7) is 0.733. The highest BCUT2D eigenvalue weighted by Crippen LogP contribution is 2.21. The van der Waals surface area contributed by atoms with Crippen molar-refractivity contribution in [1.82, 2.24) is 0 Å². The number of rotatable bonds is 6. The molecule has 3 aromatic rings. The van der Waals surface area contributed by atoms with Crippen molar-refractivity contribution in [1.29, 1.82) is 0 Å². The van der Waals surface area contributed by atoms with Crippen LogP contribution in [0.1, 0.15) is 5.56 Å². The van der Waals surface area contributed by atoms with Gasteiger partial charge in [-0.1, -0.05) is 30.3 Å². The number of nitrogens with zero attached hydrogens (tertiary/aromatic N) is 2. The maximum atomic E-state index is 10.9. The van der Waals surface area contributed by atoms with Crippen LogP contribution < -0.4 is 5.32 Å². The molecule has 0 saturated heterocycles. The lowest BCUT2D eigenvalue weighted by Gasteiger charge is -2.06. The minimum Gasteiger partial charge on any atom is -0.744 e. The van der Waals surface area contributed by atoms with E-state index in [-0.39, 0.29) is 4.90 Å². The molecule has 0 aromatic heterocycles. The second-order valence-corrected chi connectivity index (χ2v) is 6.91. The van der Waals surface area contributed by atoms with Crippen LogP contribution in [0.15, 0.2) is 94.0 Å². The van der Waals surface area contributed by atoms with Gasteiger partial charge >= 0.3 is 0 Å². The Labute approximate surface area is 152 Å². The van der Waals surface area contributed by atoms with Crippen LogP contribution >= 0.6 is 0 Å². The molecule has 0 aliphatic rings. The molecule has 6 nitrogen and oxygen atoms in total. The minimum atomic E-state index is -4.45. The Bertz CT molecular complexity index is 984. The van der Waals surface area contributed by atoms with E-state index in [9.17, 15) is 13.0 Å². The Kier molecular flexibility index (Phi) is 5.40. The summed E-state index contributed by atoms with van der Waals surface area (Å²) in [6.07, 6.45) is 0. The number of hydrogen-bond donors (Lipinski definition) is 1. The van der Waals surface area contributed by atoms with Gasteiger partial charge in [0.2, 0.25) is 0 Å². The van der Waals surface area contributed by atoms with E-state index in [0.29, 0.717) is 11.4 Å². The Morgan fingerprint density at radius 1 is 0.769 bits per heavy atom. The van der Waals surface area contributed by atoms with E-state index in [2.05, 4.69) is 27.7 Å². The number of benzene rings is 3. The predicted molar refractivity (Wildman–Crippen MR) is 98.8 cm³/mol. The number of anilines is 1. The van der Waals surface area contributed by atoms with E-state index in [1.807, 2.05) is 42.5 Å². The van der Waals surface area contributed by atoms with E-state index >= 15 is 0 Å². The molecule has 0 aliphatic carbocycles. The van der Waals surface area contributed by atoms with E-state index in [0.717, 1.165) is 12.2 Å². The summed E-state index contributed by atoms with van der Waals surface area (Å²) in [7, 11) is -4.45. The van der Waals surface area contributed by atoms with Gasteiger partial charge < -0.3 is 9.87 Å². The van der Waals surface area contributed by atoms with Crippen molar-refractivity contribution >= 4 is 27.2 Å². The van der Waals surface area contributed by atoms with E-state index in [1.165, 1.54) is 29.8 Å². The standard InChI is InChI=1S/C19H17N3O3S/c23-26(24,25)19-12-10-18(11-13-19)22-21-17-8-6-16(7-9-17)20-14-15-4-2-1-3-5-15/h1-13,20H,14H2,(H,23,24,25)/p-1. The van der Waals surface area contributed by atoms with Crippen LogP contribution in [0.3, 0.4) is 0 Å². The summed E-state index contributed by atoms with van der Waals surface area (Å²) < 4.78 is 32.7. The number of hydrogen-bond acceptors (Lipinski definition) is 6. The summed E-state index contributed by atoms with van der Waals surface area (Å²) >= 11 is 0. The highest BCUT2D eigenvalue weighted by Gasteiger charge is 2.00. The lowest BCUT2D eigenvalue weighted by atomic mass is 10.2. The van der Waals surface area contributed by atoms with Gasteiger partial charge in [0.15, 0.2) is 0 Å². The van der Waals surface area contributed by atoms with Crippen LogP contribution in [0.4, 0.5) is 17.1 Å².